The van der Waals surface area contributed by atoms with Crippen LogP contribution in [0.2, 0.25) is 0 Å². The van der Waals surface area contributed by atoms with E-state index in [-0.39, 0.29) is 6.71 Å². The van der Waals surface area contributed by atoms with Crippen molar-refractivity contribution in [1.29, 1.82) is 0 Å². The smallest absolute Gasteiger partial charge is 0.256 e. The van der Waals surface area contributed by atoms with E-state index >= 15 is 0 Å². The van der Waals surface area contributed by atoms with Gasteiger partial charge < -0.3 is 23.9 Å². The Morgan fingerprint density at radius 2 is 0.984 bits per heavy atom. The van der Waals surface area contributed by atoms with Crippen molar-refractivity contribution in [1.82, 2.24) is 0 Å². The number of nitrogens with zero attached hydrogens (tertiary/aromatic N) is 3. The summed E-state index contributed by atoms with van der Waals surface area (Å²) in [6.45, 7) is 2.06. The van der Waals surface area contributed by atoms with Crippen LogP contribution in [0.4, 0.5) is 51.2 Å². The van der Waals surface area contributed by atoms with Crippen molar-refractivity contribution >= 4 is 96.2 Å². The van der Waals surface area contributed by atoms with Gasteiger partial charge in [-0.25, -0.2) is 0 Å². The number of hydrogen-bond acceptors (Lipinski definition) is 5. The van der Waals surface area contributed by atoms with E-state index in [1.165, 1.54) is 16.5 Å². The molecule has 0 bridgehead atoms. The molecular formula is C55H38BN3O2. The summed E-state index contributed by atoms with van der Waals surface area (Å²) in [5.74, 6) is 1.70. The third-order valence-electron chi connectivity index (χ3n) is 12.1. The van der Waals surface area contributed by atoms with Gasteiger partial charge in [-0.2, -0.15) is 0 Å². The van der Waals surface area contributed by atoms with Crippen LogP contribution in [0.5, 0.6) is 11.5 Å². The van der Waals surface area contributed by atoms with Crippen molar-refractivity contribution in [3.8, 4) is 11.5 Å². The normalized spacial score (nSPS) is 12.4. The van der Waals surface area contributed by atoms with E-state index in [1.54, 1.807) is 0 Å². The molecule has 2 aliphatic heterocycles. The SMILES string of the molecule is Cc1ccc(N(c2ccc3c(c2)Oc2cccc4c2B3c2ccc(N(c3ccccc3)c3ccccc3)cc2N4c2ccccc2)c2ccc3c(c2)oc2ccccc23)cc1. The van der Waals surface area contributed by atoms with Crippen LogP contribution in [0.1, 0.15) is 5.56 Å². The maximum atomic E-state index is 7.01. The molecule has 10 aromatic rings. The van der Waals surface area contributed by atoms with Gasteiger partial charge in [0.25, 0.3) is 6.71 Å². The molecule has 0 N–H and O–H groups in total. The highest BCUT2D eigenvalue weighted by Crippen LogP contribution is 2.45. The van der Waals surface area contributed by atoms with Crippen molar-refractivity contribution in [2.45, 2.75) is 6.92 Å². The molecule has 0 unspecified atom stereocenters. The summed E-state index contributed by atoms with van der Waals surface area (Å²) < 4.78 is 13.4. The Morgan fingerprint density at radius 1 is 0.410 bits per heavy atom. The molecule has 0 radical (unpaired) electrons. The molecule has 6 heteroatoms. The first kappa shape index (κ1) is 35.0. The standard InChI is InChI=1S/C55H38BN3O2/c1-37-24-26-41(27-25-37)58(43-28-31-46-45-20-11-12-22-51(45)60-53(46)35-43)44-30-33-48-54(36-44)61-52-23-13-21-49-55(52)56(48)47-32-29-42(34-50(47)59(49)40-18-9-4-10-19-40)57(38-14-5-2-6-15-38)39-16-7-3-8-17-39/h2-36H,1H3. The van der Waals surface area contributed by atoms with Crippen molar-refractivity contribution in [3.63, 3.8) is 0 Å². The molecule has 0 fully saturated rings. The maximum Gasteiger partial charge on any atom is 0.256 e. The fourth-order valence-corrected chi connectivity index (χ4v) is 9.38. The lowest BCUT2D eigenvalue weighted by Crippen LogP contribution is -2.59. The third kappa shape index (κ3) is 5.79. The molecule has 0 spiro atoms. The van der Waals surface area contributed by atoms with E-state index in [4.69, 9.17) is 9.15 Å². The molecule has 0 atom stereocenters. The highest BCUT2D eigenvalue weighted by atomic mass is 16.5. The second kappa shape index (κ2) is 14.1. The zero-order chi connectivity index (χ0) is 40.4. The minimum atomic E-state index is -0.0605. The van der Waals surface area contributed by atoms with E-state index in [2.05, 4.69) is 222 Å². The Hall–Kier alpha value is -7.96. The van der Waals surface area contributed by atoms with Crippen LogP contribution in [-0.2, 0) is 0 Å². The number of furan rings is 1. The zero-order valence-electron chi connectivity index (χ0n) is 33.4. The van der Waals surface area contributed by atoms with Crippen molar-refractivity contribution < 1.29 is 9.15 Å². The van der Waals surface area contributed by atoms with Gasteiger partial charge in [0.15, 0.2) is 0 Å². The zero-order valence-corrected chi connectivity index (χ0v) is 33.4. The number of anilines is 9. The average Bonchev–Trinajstić information content (AvgIpc) is 3.69. The van der Waals surface area contributed by atoms with Crippen molar-refractivity contribution in [2.24, 2.45) is 0 Å². The summed E-state index contributed by atoms with van der Waals surface area (Å²) in [7, 11) is 0. The van der Waals surface area contributed by atoms with Crippen LogP contribution in [-0.4, -0.2) is 6.71 Å². The monoisotopic (exact) mass is 783 g/mol. The molecule has 2 aliphatic rings. The van der Waals surface area contributed by atoms with Gasteiger partial charge in [-0.3, -0.25) is 0 Å². The van der Waals surface area contributed by atoms with Gasteiger partial charge in [0, 0.05) is 74.1 Å². The summed E-state index contributed by atoms with van der Waals surface area (Å²) >= 11 is 0. The second-order valence-corrected chi connectivity index (χ2v) is 15.8. The molecular weight excluding hydrogens is 745 g/mol. The average molecular weight is 784 g/mol. The van der Waals surface area contributed by atoms with Crippen LogP contribution < -0.4 is 35.8 Å². The van der Waals surface area contributed by atoms with Crippen LogP contribution in [0, 0.1) is 6.92 Å². The van der Waals surface area contributed by atoms with Crippen LogP contribution >= 0.6 is 0 Å². The quantitative estimate of drug-likeness (QED) is 0.150. The molecule has 61 heavy (non-hydrogen) atoms. The first-order valence-electron chi connectivity index (χ1n) is 20.8. The molecule has 288 valence electrons. The molecule has 12 rings (SSSR count). The summed E-state index contributed by atoms with van der Waals surface area (Å²) in [5.41, 5.74) is 16.1. The molecule has 0 saturated heterocycles. The van der Waals surface area contributed by atoms with Gasteiger partial charge in [-0.1, -0.05) is 109 Å². The van der Waals surface area contributed by atoms with E-state index in [1.807, 2.05) is 12.1 Å². The highest BCUT2D eigenvalue weighted by molar-refractivity contribution is 6.99. The first-order chi connectivity index (χ1) is 30.2. The van der Waals surface area contributed by atoms with Gasteiger partial charge in [-0.05, 0) is 120 Å². The minimum absolute atomic E-state index is 0.0605. The van der Waals surface area contributed by atoms with Gasteiger partial charge in [0.1, 0.15) is 22.7 Å². The lowest BCUT2D eigenvalue weighted by atomic mass is 9.34. The predicted octanol–water partition coefficient (Wildman–Crippen LogP) is 13.2. The van der Waals surface area contributed by atoms with E-state index in [9.17, 15) is 0 Å². The fourth-order valence-electron chi connectivity index (χ4n) is 9.38. The molecule has 9 aromatic carbocycles. The van der Waals surface area contributed by atoms with Gasteiger partial charge in [-0.15, -0.1) is 0 Å². The van der Waals surface area contributed by atoms with Crippen LogP contribution in [0.15, 0.2) is 217 Å². The van der Waals surface area contributed by atoms with Crippen molar-refractivity contribution in [3.05, 3.63) is 218 Å². The highest BCUT2D eigenvalue weighted by Gasteiger charge is 2.42. The maximum absolute atomic E-state index is 7.01. The molecule has 0 amide bonds. The Kier molecular flexibility index (Phi) is 8.10. The van der Waals surface area contributed by atoms with Gasteiger partial charge in [0.2, 0.25) is 0 Å². The third-order valence-corrected chi connectivity index (χ3v) is 12.1. The summed E-state index contributed by atoms with van der Waals surface area (Å²) in [6.07, 6.45) is 0. The van der Waals surface area contributed by atoms with Gasteiger partial charge >= 0.3 is 0 Å². The Bertz CT molecular complexity index is 3220. The number of fused-ring (bicyclic) bond motifs is 7. The lowest BCUT2D eigenvalue weighted by Gasteiger charge is -2.40. The minimum Gasteiger partial charge on any atom is -0.458 e. The second-order valence-electron chi connectivity index (χ2n) is 15.8. The summed E-state index contributed by atoms with van der Waals surface area (Å²) in [6, 6.07) is 75.5. The Balaban J connectivity index is 1.03. The van der Waals surface area contributed by atoms with Gasteiger partial charge in [0.05, 0.1) is 0 Å². The first-order valence-corrected chi connectivity index (χ1v) is 20.8. The Labute approximate surface area is 355 Å². The van der Waals surface area contributed by atoms with Crippen LogP contribution in [0.25, 0.3) is 21.9 Å². The topological polar surface area (TPSA) is 32.1 Å². The Morgan fingerprint density at radius 3 is 1.74 bits per heavy atom. The molecule has 5 nitrogen and oxygen atoms in total. The predicted molar refractivity (Wildman–Crippen MR) is 254 cm³/mol. The summed E-state index contributed by atoms with van der Waals surface area (Å²) in [4.78, 5) is 7.03. The number of rotatable bonds is 7. The number of ether oxygens (including phenoxy) is 1. The number of hydrogen-bond donors (Lipinski definition) is 0. The summed E-state index contributed by atoms with van der Waals surface area (Å²) in [5, 5.41) is 2.22. The lowest BCUT2D eigenvalue weighted by molar-refractivity contribution is 0.487. The molecule has 0 aliphatic carbocycles. The fraction of sp³-hybridized carbons (Fsp3) is 0.0182. The number of aryl methyl sites for hydroxylation is 1. The van der Waals surface area contributed by atoms with E-state index < -0.39 is 0 Å². The molecule has 1 aromatic heterocycles. The number of para-hydroxylation sites is 4. The molecule has 0 saturated carbocycles. The molecule has 3 heterocycles. The van der Waals surface area contributed by atoms with Crippen LogP contribution in [0.3, 0.4) is 0 Å². The van der Waals surface area contributed by atoms with E-state index in [0.29, 0.717) is 0 Å². The number of benzene rings is 9. The van der Waals surface area contributed by atoms with E-state index in [0.717, 1.165) is 90.1 Å². The largest absolute Gasteiger partial charge is 0.458 e. The van der Waals surface area contributed by atoms with Crippen molar-refractivity contribution in [2.75, 3.05) is 14.7 Å².